The van der Waals surface area contributed by atoms with Gasteiger partial charge in [0.2, 0.25) is 5.91 Å². The number of fused-ring (bicyclic) bond motifs is 3. The smallest absolute Gasteiger partial charge is 0.407 e. The van der Waals surface area contributed by atoms with Gasteiger partial charge in [0, 0.05) is 19.6 Å². The van der Waals surface area contributed by atoms with E-state index in [0.717, 1.165) is 41.5 Å². The van der Waals surface area contributed by atoms with E-state index in [2.05, 4.69) is 34.9 Å². The molecule has 0 saturated heterocycles. The van der Waals surface area contributed by atoms with Crippen LogP contribution in [0.3, 0.4) is 0 Å². The Bertz CT molecular complexity index is 1010. The lowest BCUT2D eigenvalue weighted by Crippen LogP contribution is -2.47. The van der Waals surface area contributed by atoms with Crippen LogP contribution >= 0.6 is 0 Å². The van der Waals surface area contributed by atoms with Gasteiger partial charge in [-0.25, -0.2) is 9.59 Å². The van der Waals surface area contributed by atoms with E-state index in [0.29, 0.717) is 0 Å². The predicted molar refractivity (Wildman–Crippen MR) is 125 cm³/mol. The van der Waals surface area contributed by atoms with Gasteiger partial charge in [0.05, 0.1) is 12.5 Å². The van der Waals surface area contributed by atoms with Gasteiger partial charge in [0.1, 0.15) is 6.61 Å². The Morgan fingerprint density at radius 3 is 2.12 bits per heavy atom. The Morgan fingerprint density at radius 1 is 0.971 bits per heavy atom. The number of nitrogens with one attached hydrogen (secondary N) is 2. The second kappa shape index (κ2) is 10.7. The highest BCUT2D eigenvalue weighted by atomic mass is 16.5. The minimum atomic E-state index is -1.14. The topological polar surface area (TPSA) is 114 Å². The molecular formula is C26H30N2O6. The minimum absolute atomic E-state index is 0.0362. The van der Waals surface area contributed by atoms with Gasteiger partial charge < -0.3 is 25.2 Å². The molecule has 2 aliphatic rings. The van der Waals surface area contributed by atoms with E-state index in [1.165, 1.54) is 7.11 Å². The van der Waals surface area contributed by atoms with Crippen molar-refractivity contribution in [1.29, 1.82) is 0 Å². The van der Waals surface area contributed by atoms with Crippen LogP contribution in [0.4, 0.5) is 4.79 Å². The lowest BCUT2D eigenvalue weighted by atomic mass is 9.75. The molecule has 1 saturated carbocycles. The maximum Gasteiger partial charge on any atom is 0.407 e. The molecule has 0 aliphatic heterocycles. The van der Waals surface area contributed by atoms with E-state index in [-0.39, 0.29) is 37.4 Å². The summed E-state index contributed by atoms with van der Waals surface area (Å²) in [5.41, 5.74) is 4.58. The van der Waals surface area contributed by atoms with Gasteiger partial charge >= 0.3 is 12.1 Å². The minimum Gasteiger partial charge on any atom is -0.479 e. The van der Waals surface area contributed by atoms with Crippen LogP contribution in [0.25, 0.3) is 11.1 Å². The zero-order valence-electron chi connectivity index (χ0n) is 19.2. The average molecular weight is 467 g/mol. The summed E-state index contributed by atoms with van der Waals surface area (Å²) in [6.45, 7) is 0.213. The van der Waals surface area contributed by atoms with Crippen LogP contribution in [0, 0.1) is 11.8 Å². The molecule has 2 unspecified atom stereocenters. The van der Waals surface area contributed by atoms with E-state index in [1.807, 2.05) is 24.3 Å². The number of alkyl carbamates (subject to hydrolysis) is 1. The number of carboxylic acid groups (broad SMARTS) is 1. The van der Waals surface area contributed by atoms with Crippen LogP contribution in [-0.4, -0.2) is 56.0 Å². The fourth-order valence-corrected chi connectivity index (χ4v) is 4.75. The number of carbonyl (C=O) groups is 3. The Labute approximate surface area is 198 Å². The molecule has 34 heavy (non-hydrogen) atoms. The highest BCUT2D eigenvalue weighted by molar-refractivity contribution is 5.81. The fourth-order valence-electron chi connectivity index (χ4n) is 4.75. The summed E-state index contributed by atoms with van der Waals surface area (Å²) in [6, 6.07) is 16.2. The third-order valence-corrected chi connectivity index (χ3v) is 6.89. The Hall–Kier alpha value is -3.39. The monoisotopic (exact) mass is 466 g/mol. The van der Waals surface area contributed by atoms with Crippen LogP contribution in [-0.2, 0) is 19.1 Å². The van der Waals surface area contributed by atoms with Gasteiger partial charge in [0.25, 0.3) is 0 Å². The van der Waals surface area contributed by atoms with Crippen molar-refractivity contribution < 1.29 is 29.0 Å². The molecule has 2 aromatic rings. The van der Waals surface area contributed by atoms with Crippen molar-refractivity contribution >= 4 is 18.0 Å². The average Bonchev–Trinajstić information content (AvgIpc) is 3.13. The maximum atomic E-state index is 12.7. The van der Waals surface area contributed by atoms with E-state index in [9.17, 15) is 14.4 Å². The number of amides is 2. The second-order valence-corrected chi connectivity index (χ2v) is 8.81. The molecule has 2 aliphatic carbocycles. The number of rotatable bonds is 10. The molecule has 0 bridgehead atoms. The first-order chi connectivity index (χ1) is 16.5. The molecule has 1 fully saturated rings. The third-order valence-electron chi connectivity index (χ3n) is 6.89. The SMILES string of the molecule is COC(CNC(=O)C(CNC(=O)OCC1c2ccccc2-c2ccccc21)C1CCC1)C(=O)O. The number of hydrogen-bond acceptors (Lipinski definition) is 5. The van der Waals surface area contributed by atoms with Crippen molar-refractivity contribution in [2.24, 2.45) is 11.8 Å². The van der Waals surface area contributed by atoms with Crippen molar-refractivity contribution in [2.45, 2.75) is 31.3 Å². The number of ether oxygens (including phenoxy) is 2. The van der Waals surface area contributed by atoms with E-state index < -0.39 is 24.1 Å². The first-order valence-electron chi connectivity index (χ1n) is 11.6. The van der Waals surface area contributed by atoms with Crippen LogP contribution in [0.1, 0.15) is 36.3 Å². The van der Waals surface area contributed by atoms with Crippen LogP contribution in [0.5, 0.6) is 0 Å². The lowest BCUT2D eigenvalue weighted by Gasteiger charge is -2.33. The molecule has 0 heterocycles. The summed E-state index contributed by atoms with van der Waals surface area (Å²) in [7, 11) is 1.28. The molecule has 8 heteroatoms. The van der Waals surface area contributed by atoms with Crippen molar-refractivity contribution in [2.75, 3.05) is 26.8 Å². The Morgan fingerprint density at radius 2 is 1.59 bits per heavy atom. The fraction of sp³-hybridized carbons (Fsp3) is 0.423. The summed E-state index contributed by atoms with van der Waals surface area (Å²) >= 11 is 0. The highest BCUT2D eigenvalue weighted by Gasteiger charge is 2.34. The number of aliphatic carboxylic acids is 1. The quantitative estimate of drug-likeness (QED) is 0.496. The molecule has 0 radical (unpaired) electrons. The predicted octanol–water partition coefficient (Wildman–Crippen LogP) is 3.16. The second-order valence-electron chi connectivity index (χ2n) is 8.81. The summed E-state index contributed by atoms with van der Waals surface area (Å²) in [5, 5.41) is 14.5. The number of methoxy groups -OCH3 is 1. The summed E-state index contributed by atoms with van der Waals surface area (Å²) < 4.78 is 10.4. The van der Waals surface area contributed by atoms with Gasteiger partial charge in [-0.3, -0.25) is 4.79 Å². The molecule has 2 amide bonds. The standard InChI is InChI=1S/C26H30N2O6/c1-33-23(25(30)31)14-27-24(29)21(16-7-6-8-16)13-28-26(32)34-15-22-19-11-4-2-9-17(19)18-10-3-5-12-20(18)22/h2-5,9-12,16,21-23H,6-8,13-15H2,1H3,(H,27,29)(H,28,32)(H,30,31). The lowest BCUT2D eigenvalue weighted by molar-refractivity contribution is -0.148. The van der Waals surface area contributed by atoms with Gasteiger partial charge in [-0.15, -0.1) is 0 Å². The molecule has 3 N–H and O–H groups in total. The molecule has 8 nitrogen and oxygen atoms in total. The Balaban J connectivity index is 1.32. The molecule has 2 aromatic carbocycles. The summed E-state index contributed by atoms with van der Waals surface area (Å²) in [6.07, 6.45) is 1.16. The zero-order chi connectivity index (χ0) is 24.1. The zero-order valence-corrected chi connectivity index (χ0v) is 19.2. The Kier molecular flexibility index (Phi) is 7.47. The molecular weight excluding hydrogens is 436 g/mol. The largest absolute Gasteiger partial charge is 0.479 e. The summed E-state index contributed by atoms with van der Waals surface area (Å²) in [4.78, 5) is 36.4. The first-order valence-corrected chi connectivity index (χ1v) is 11.6. The molecule has 180 valence electrons. The number of carboxylic acids is 1. The van der Waals surface area contributed by atoms with Gasteiger partial charge in [-0.2, -0.15) is 0 Å². The number of hydrogen-bond donors (Lipinski definition) is 3. The molecule has 0 aromatic heterocycles. The van der Waals surface area contributed by atoms with Crippen molar-refractivity contribution in [3.05, 3.63) is 59.7 Å². The molecule has 2 atom stereocenters. The van der Waals surface area contributed by atoms with Gasteiger partial charge in [0.15, 0.2) is 6.10 Å². The maximum absolute atomic E-state index is 12.7. The van der Waals surface area contributed by atoms with Crippen molar-refractivity contribution in [3.8, 4) is 11.1 Å². The van der Waals surface area contributed by atoms with Crippen molar-refractivity contribution in [1.82, 2.24) is 10.6 Å². The van der Waals surface area contributed by atoms with E-state index >= 15 is 0 Å². The van der Waals surface area contributed by atoms with E-state index in [1.54, 1.807) is 0 Å². The van der Waals surface area contributed by atoms with Crippen LogP contribution in [0.2, 0.25) is 0 Å². The number of carbonyl (C=O) groups excluding carboxylic acids is 2. The third kappa shape index (κ3) is 5.07. The first kappa shape index (κ1) is 23.8. The molecule has 4 rings (SSSR count). The van der Waals surface area contributed by atoms with Gasteiger partial charge in [-0.1, -0.05) is 55.0 Å². The van der Waals surface area contributed by atoms with E-state index in [4.69, 9.17) is 14.6 Å². The molecule has 0 spiro atoms. The van der Waals surface area contributed by atoms with Crippen LogP contribution < -0.4 is 10.6 Å². The normalized spacial score (nSPS) is 16.5. The summed E-state index contributed by atoms with van der Waals surface area (Å²) in [5.74, 6) is -1.75. The van der Waals surface area contributed by atoms with Gasteiger partial charge in [-0.05, 0) is 41.0 Å². The highest BCUT2D eigenvalue weighted by Crippen LogP contribution is 2.44. The van der Waals surface area contributed by atoms with Crippen molar-refractivity contribution in [3.63, 3.8) is 0 Å². The van der Waals surface area contributed by atoms with Crippen LogP contribution in [0.15, 0.2) is 48.5 Å². The number of benzene rings is 2.